The van der Waals surface area contributed by atoms with Crippen LogP contribution in [0, 0.1) is 0 Å². The van der Waals surface area contributed by atoms with Gasteiger partial charge in [-0.1, -0.05) is 23.7 Å². The number of thiophene rings is 1. The molecule has 0 spiro atoms. The summed E-state index contributed by atoms with van der Waals surface area (Å²) in [5, 5.41) is 5.66. The second-order valence-corrected chi connectivity index (χ2v) is 7.60. The molecule has 25 heavy (non-hydrogen) atoms. The van der Waals surface area contributed by atoms with Crippen molar-refractivity contribution in [2.75, 3.05) is 13.1 Å². The van der Waals surface area contributed by atoms with Gasteiger partial charge in [-0.25, -0.2) is 0 Å². The minimum absolute atomic E-state index is 0.0599. The number of carbonyl (C=O) groups excluding carboxylic acids is 2. The normalized spacial score (nSPS) is 13.4. The van der Waals surface area contributed by atoms with Crippen LogP contribution in [0.2, 0.25) is 5.02 Å². The minimum Gasteiger partial charge on any atom is -0.356 e. The van der Waals surface area contributed by atoms with Crippen molar-refractivity contribution in [3.8, 4) is 0 Å². The van der Waals surface area contributed by atoms with Crippen molar-refractivity contribution in [1.29, 1.82) is 0 Å². The fraction of sp³-hybridized carbons (Fsp3) is 0.368. The number of amides is 2. The molecule has 0 aliphatic carbocycles. The van der Waals surface area contributed by atoms with Gasteiger partial charge >= 0.3 is 0 Å². The number of hydrogen-bond donors (Lipinski definition) is 1. The highest BCUT2D eigenvalue weighted by molar-refractivity contribution is 7.10. The number of halogens is 1. The molecule has 6 heteroatoms. The van der Waals surface area contributed by atoms with Crippen LogP contribution in [-0.2, 0) is 29.0 Å². The fourth-order valence-corrected chi connectivity index (χ4v) is 3.94. The predicted octanol–water partition coefficient (Wildman–Crippen LogP) is 3.43. The topological polar surface area (TPSA) is 49.4 Å². The lowest BCUT2D eigenvalue weighted by molar-refractivity contribution is -0.134. The highest BCUT2D eigenvalue weighted by Crippen LogP contribution is 2.24. The smallest absolute Gasteiger partial charge is 0.223 e. The van der Waals surface area contributed by atoms with Crippen LogP contribution in [0.15, 0.2) is 35.7 Å². The van der Waals surface area contributed by atoms with Crippen LogP contribution >= 0.6 is 22.9 Å². The van der Waals surface area contributed by atoms with Gasteiger partial charge in [-0.15, -0.1) is 11.3 Å². The van der Waals surface area contributed by atoms with Crippen molar-refractivity contribution in [3.05, 3.63) is 56.7 Å². The maximum absolute atomic E-state index is 12.3. The third kappa shape index (κ3) is 5.06. The van der Waals surface area contributed by atoms with Crippen molar-refractivity contribution in [3.63, 3.8) is 0 Å². The summed E-state index contributed by atoms with van der Waals surface area (Å²) in [6.45, 7) is 2.00. The molecule has 0 saturated carbocycles. The zero-order valence-corrected chi connectivity index (χ0v) is 15.5. The average molecular weight is 377 g/mol. The molecule has 1 aliphatic rings. The van der Waals surface area contributed by atoms with Crippen LogP contribution in [0.4, 0.5) is 0 Å². The van der Waals surface area contributed by atoms with E-state index < -0.39 is 0 Å². The molecule has 0 radical (unpaired) electrons. The molecule has 0 fully saturated rings. The zero-order chi connectivity index (χ0) is 17.6. The number of hydrogen-bond acceptors (Lipinski definition) is 3. The van der Waals surface area contributed by atoms with Gasteiger partial charge in [-0.3, -0.25) is 9.59 Å². The van der Waals surface area contributed by atoms with Crippen molar-refractivity contribution in [1.82, 2.24) is 10.2 Å². The third-order valence-electron chi connectivity index (χ3n) is 4.38. The molecule has 2 amide bonds. The molecular formula is C19H21ClN2O2S. The van der Waals surface area contributed by atoms with Gasteiger partial charge in [0.2, 0.25) is 11.8 Å². The number of fused-ring (bicyclic) bond motifs is 1. The average Bonchev–Trinajstić information content (AvgIpc) is 3.09. The second-order valence-electron chi connectivity index (χ2n) is 6.16. The van der Waals surface area contributed by atoms with E-state index in [1.165, 1.54) is 10.4 Å². The second kappa shape index (κ2) is 8.50. The molecule has 4 nitrogen and oxygen atoms in total. The van der Waals surface area contributed by atoms with Crippen molar-refractivity contribution in [2.24, 2.45) is 0 Å². The summed E-state index contributed by atoms with van der Waals surface area (Å²) in [4.78, 5) is 27.5. The van der Waals surface area contributed by atoms with E-state index in [2.05, 4.69) is 16.8 Å². The van der Waals surface area contributed by atoms with E-state index in [4.69, 9.17) is 11.6 Å². The van der Waals surface area contributed by atoms with Crippen molar-refractivity contribution in [2.45, 2.75) is 32.2 Å². The van der Waals surface area contributed by atoms with Gasteiger partial charge in [-0.2, -0.15) is 0 Å². The Morgan fingerprint density at radius 2 is 1.96 bits per heavy atom. The molecule has 3 rings (SSSR count). The Bertz CT molecular complexity index is 742. The maximum atomic E-state index is 12.3. The highest BCUT2D eigenvalue weighted by atomic mass is 35.5. The first-order chi connectivity index (χ1) is 12.1. The van der Waals surface area contributed by atoms with Crippen LogP contribution in [0.1, 0.15) is 28.8 Å². The Balaban J connectivity index is 1.36. The first kappa shape index (κ1) is 18.0. The van der Waals surface area contributed by atoms with Gasteiger partial charge in [0.25, 0.3) is 0 Å². The van der Waals surface area contributed by atoms with Gasteiger partial charge in [-0.05, 0) is 47.5 Å². The molecule has 0 saturated heterocycles. The van der Waals surface area contributed by atoms with Gasteiger partial charge in [0, 0.05) is 42.4 Å². The molecule has 2 heterocycles. The van der Waals surface area contributed by atoms with E-state index in [1.54, 1.807) is 11.3 Å². The lowest BCUT2D eigenvalue weighted by atomic mass is 10.1. The Labute approximate surface area is 156 Å². The van der Waals surface area contributed by atoms with Crippen LogP contribution in [0.25, 0.3) is 0 Å². The summed E-state index contributed by atoms with van der Waals surface area (Å²) in [6, 6.07) is 9.67. The van der Waals surface area contributed by atoms with E-state index in [1.807, 2.05) is 29.2 Å². The molecule has 0 unspecified atom stereocenters. The first-order valence-electron chi connectivity index (χ1n) is 8.46. The summed E-state index contributed by atoms with van der Waals surface area (Å²) < 4.78 is 0. The number of benzene rings is 1. The van der Waals surface area contributed by atoms with Crippen LogP contribution in [-0.4, -0.2) is 29.8 Å². The first-order valence-corrected chi connectivity index (χ1v) is 9.72. The van der Waals surface area contributed by atoms with Crippen molar-refractivity contribution >= 4 is 34.8 Å². The summed E-state index contributed by atoms with van der Waals surface area (Å²) >= 11 is 7.60. The molecule has 2 aromatic rings. The van der Waals surface area contributed by atoms with Gasteiger partial charge in [0.15, 0.2) is 0 Å². The number of rotatable bonds is 6. The minimum atomic E-state index is -0.0736. The summed E-state index contributed by atoms with van der Waals surface area (Å²) in [5.74, 6) is -0.0137. The number of nitrogens with zero attached hydrogens (tertiary/aromatic N) is 1. The Kier molecular flexibility index (Phi) is 6.10. The Morgan fingerprint density at radius 3 is 2.76 bits per heavy atom. The SMILES string of the molecule is O=C(CCC(=O)N1CCc2sccc2C1)NCCc1ccc(Cl)cc1. The fourth-order valence-electron chi connectivity index (χ4n) is 2.93. The van der Waals surface area contributed by atoms with Gasteiger partial charge in [0.05, 0.1) is 0 Å². The van der Waals surface area contributed by atoms with Gasteiger partial charge < -0.3 is 10.2 Å². The summed E-state index contributed by atoms with van der Waals surface area (Å²) in [5.41, 5.74) is 2.37. The lowest BCUT2D eigenvalue weighted by Gasteiger charge is -2.27. The van der Waals surface area contributed by atoms with Crippen LogP contribution < -0.4 is 5.32 Å². The van der Waals surface area contributed by atoms with Crippen LogP contribution in [0.3, 0.4) is 0 Å². The zero-order valence-electron chi connectivity index (χ0n) is 14.0. The molecular weight excluding hydrogens is 356 g/mol. The van der Waals surface area contributed by atoms with E-state index >= 15 is 0 Å². The quantitative estimate of drug-likeness (QED) is 0.839. The maximum Gasteiger partial charge on any atom is 0.223 e. The van der Waals surface area contributed by atoms with Crippen molar-refractivity contribution < 1.29 is 9.59 Å². The predicted molar refractivity (Wildman–Crippen MR) is 101 cm³/mol. The molecule has 1 aliphatic heterocycles. The monoisotopic (exact) mass is 376 g/mol. The van der Waals surface area contributed by atoms with E-state index in [9.17, 15) is 9.59 Å². The summed E-state index contributed by atoms with van der Waals surface area (Å²) in [7, 11) is 0. The lowest BCUT2D eigenvalue weighted by Crippen LogP contribution is -2.36. The Hall–Kier alpha value is -1.85. The molecule has 0 bridgehead atoms. The number of nitrogens with one attached hydrogen (secondary N) is 1. The standard InChI is InChI=1S/C19H21ClN2O2S/c20-16-3-1-14(2-4-16)7-10-21-18(23)5-6-19(24)22-11-8-17-15(13-22)9-12-25-17/h1-4,9,12H,5-8,10-11,13H2,(H,21,23). The molecule has 0 atom stereocenters. The van der Waals surface area contributed by atoms with Gasteiger partial charge in [0.1, 0.15) is 0 Å². The molecule has 1 aromatic heterocycles. The van der Waals surface area contributed by atoms with E-state index in [-0.39, 0.29) is 24.7 Å². The Morgan fingerprint density at radius 1 is 1.16 bits per heavy atom. The van der Waals surface area contributed by atoms with Crippen LogP contribution in [0.5, 0.6) is 0 Å². The molecule has 1 aromatic carbocycles. The highest BCUT2D eigenvalue weighted by Gasteiger charge is 2.21. The largest absolute Gasteiger partial charge is 0.356 e. The summed E-state index contributed by atoms with van der Waals surface area (Å²) in [6.07, 6.45) is 2.19. The van der Waals surface area contributed by atoms with E-state index in [0.717, 1.165) is 24.9 Å². The van der Waals surface area contributed by atoms with E-state index in [0.29, 0.717) is 18.1 Å². The third-order valence-corrected chi connectivity index (χ3v) is 5.65. The molecule has 1 N–H and O–H groups in total. The number of carbonyl (C=O) groups is 2. The molecule has 132 valence electrons.